The summed E-state index contributed by atoms with van der Waals surface area (Å²) in [5.74, 6) is -1.10. The van der Waals surface area contributed by atoms with E-state index in [1.54, 1.807) is 26.1 Å². The molecule has 3 atom stereocenters. The van der Waals surface area contributed by atoms with Crippen LogP contribution in [0.3, 0.4) is 0 Å². The van der Waals surface area contributed by atoms with Crippen LogP contribution in [0.4, 0.5) is 0 Å². The van der Waals surface area contributed by atoms with E-state index in [0.29, 0.717) is 64.6 Å². The van der Waals surface area contributed by atoms with Gasteiger partial charge in [0.05, 0.1) is 11.5 Å². The highest BCUT2D eigenvalue weighted by atomic mass is 16.5. The van der Waals surface area contributed by atoms with Crippen LogP contribution in [0, 0.1) is 11.8 Å². The van der Waals surface area contributed by atoms with Gasteiger partial charge in [-0.3, -0.25) is 19.2 Å². The zero-order chi connectivity index (χ0) is 35.3. The van der Waals surface area contributed by atoms with E-state index >= 15 is 0 Å². The molecule has 0 radical (unpaired) electrons. The third kappa shape index (κ3) is 7.31. The van der Waals surface area contributed by atoms with Gasteiger partial charge in [-0.25, -0.2) is 0 Å². The van der Waals surface area contributed by atoms with Crippen LogP contribution in [0.25, 0.3) is 10.9 Å². The van der Waals surface area contributed by atoms with Crippen molar-refractivity contribution in [2.75, 3.05) is 54.0 Å². The van der Waals surface area contributed by atoms with Crippen LogP contribution in [0.2, 0.25) is 0 Å². The Morgan fingerprint density at radius 3 is 2.52 bits per heavy atom. The number of nitrogens with one attached hydrogen (secondary N) is 2. The van der Waals surface area contributed by atoms with E-state index in [2.05, 4.69) is 40.6 Å². The molecule has 10 nitrogen and oxygen atoms in total. The molecule has 1 aromatic heterocycles. The molecule has 2 N–H and O–H groups in total. The highest BCUT2D eigenvalue weighted by molar-refractivity contribution is 5.93. The minimum Gasteiger partial charge on any atom is -0.385 e. The van der Waals surface area contributed by atoms with Gasteiger partial charge >= 0.3 is 0 Å². The van der Waals surface area contributed by atoms with E-state index < -0.39 is 17.4 Å². The first-order valence-electron chi connectivity index (χ1n) is 18.5. The van der Waals surface area contributed by atoms with Crippen LogP contribution in [0.5, 0.6) is 0 Å². The number of hydrogen-bond donors (Lipinski definition) is 2. The van der Waals surface area contributed by atoms with E-state index in [-0.39, 0.29) is 30.0 Å². The number of nitrogens with zero attached hydrogens (tertiary/aromatic N) is 3. The van der Waals surface area contributed by atoms with Crippen LogP contribution in [0.1, 0.15) is 73.8 Å². The number of methoxy groups -OCH3 is 1. The topological polar surface area (TPSA) is 115 Å². The summed E-state index contributed by atoms with van der Waals surface area (Å²) < 4.78 is 5.13. The largest absolute Gasteiger partial charge is 0.385 e. The molecule has 4 amide bonds. The lowest BCUT2D eigenvalue weighted by Gasteiger charge is -2.56. The fourth-order valence-corrected chi connectivity index (χ4v) is 8.55. The Balaban J connectivity index is 1.42. The first kappa shape index (κ1) is 35.6. The van der Waals surface area contributed by atoms with Gasteiger partial charge in [0.15, 0.2) is 0 Å². The van der Waals surface area contributed by atoms with Crippen molar-refractivity contribution in [2.45, 2.75) is 76.2 Å². The van der Waals surface area contributed by atoms with Crippen molar-refractivity contribution in [3.63, 3.8) is 0 Å². The van der Waals surface area contributed by atoms with Crippen molar-refractivity contribution in [1.29, 1.82) is 0 Å². The summed E-state index contributed by atoms with van der Waals surface area (Å²) in [7, 11) is 5.19. The lowest BCUT2D eigenvalue weighted by Crippen LogP contribution is -2.66. The number of H-pyrrole nitrogens is 1. The average Bonchev–Trinajstić information content (AvgIpc) is 3.52. The number of fused-ring (bicyclic) bond motifs is 5. The maximum Gasteiger partial charge on any atom is 0.228 e. The Morgan fingerprint density at radius 2 is 1.78 bits per heavy atom. The van der Waals surface area contributed by atoms with Gasteiger partial charge in [0.25, 0.3) is 0 Å². The highest BCUT2D eigenvalue weighted by Gasteiger charge is 2.59. The minimum atomic E-state index is -0.888. The summed E-state index contributed by atoms with van der Waals surface area (Å²) >= 11 is 0. The summed E-state index contributed by atoms with van der Waals surface area (Å²) in [6.45, 7) is 2.96. The standard InChI is InChI=1S/C40H53N5O5/c1-43(2)36(47)16-14-29-13-15-31-32-18-23-45-38(48)30(27-35(46)41-20-10-24-50-3)26-33(39(49)44-21-8-5-9-22-44)40(45,37(32)42-34(31)25-29)19-17-28-11-6-4-7-12-28/h4,6-7,11-13,15,25,30,33,42H,5,8-10,14,16-24,26-27H2,1-3H3,(H,41,46)/t30-,33-,40+/m1/s1. The number of likely N-dealkylation sites (tertiary alicyclic amines) is 1. The second-order valence-electron chi connectivity index (χ2n) is 14.6. The van der Waals surface area contributed by atoms with E-state index in [0.717, 1.165) is 60.1 Å². The molecule has 4 heterocycles. The Morgan fingerprint density at radius 1 is 1.00 bits per heavy atom. The summed E-state index contributed by atoms with van der Waals surface area (Å²) in [5, 5.41) is 4.08. The summed E-state index contributed by atoms with van der Waals surface area (Å²) in [4.78, 5) is 64.6. The second kappa shape index (κ2) is 15.8. The molecule has 3 aliphatic rings. The Bertz CT molecular complexity index is 1680. The van der Waals surface area contributed by atoms with Gasteiger partial charge in [-0.15, -0.1) is 0 Å². The summed E-state index contributed by atoms with van der Waals surface area (Å²) in [6.07, 6.45) is 7.16. The predicted molar refractivity (Wildman–Crippen MR) is 193 cm³/mol. The van der Waals surface area contributed by atoms with Gasteiger partial charge in [0, 0.05) is 89.3 Å². The number of carbonyl (C=O) groups is 4. The van der Waals surface area contributed by atoms with Gasteiger partial charge in [0.1, 0.15) is 0 Å². The molecule has 50 heavy (non-hydrogen) atoms. The molecule has 0 spiro atoms. The zero-order valence-electron chi connectivity index (χ0n) is 30.0. The van der Waals surface area contributed by atoms with Gasteiger partial charge in [-0.2, -0.15) is 0 Å². The smallest absolute Gasteiger partial charge is 0.228 e. The third-order valence-electron chi connectivity index (χ3n) is 11.2. The number of aromatic amines is 1. The van der Waals surface area contributed by atoms with Gasteiger partial charge in [0.2, 0.25) is 23.6 Å². The molecule has 10 heteroatoms. The third-order valence-corrected chi connectivity index (χ3v) is 11.2. The van der Waals surface area contributed by atoms with Crippen molar-refractivity contribution in [3.8, 4) is 0 Å². The molecule has 0 bridgehead atoms. The molecule has 3 aromatic rings. The Hall–Kier alpha value is -4.18. The minimum absolute atomic E-state index is 0.0417. The first-order chi connectivity index (χ1) is 24.2. The fraction of sp³-hybridized carbons (Fsp3) is 0.550. The molecule has 268 valence electrons. The fourth-order valence-electron chi connectivity index (χ4n) is 8.55. The van der Waals surface area contributed by atoms with Crippen molar-refractivity contribution < 1.29 is 23.9 Å². The van der Waals surface area contributed by atoms with Crippen molar-refractivity contribution >= 4 is 34.5 Å². The quantitative estimate of drug-likeness (QED) is 0.256. The molecule has 2 aromatic carbocycles. The number of piperidine rings is 2. The number of aryl methyl sites for hydroxylation is 2. The number of rotatable bonds is 13. The molecule has 2 saturated heterocycles. The van der Waals surface area contributed by atoms with Crippen molar-refractivity contribution in [2.24, 2.45) is 11.8 Å². The number of benzene rings is 2. The summed E-state index contributed by atoms with van der Waals surface area (Å²) in [6, 6.07) is 16.7. The van der Waals surface area contributed by atoms with Crippen molar-refractivity contribution in [3.05, 3.63) is 70.9 Å². The SMILES string of the molecule is COCCCNC(=O)C[C@H]1C[C@H](C(=O)N2CCCCC2)[C@@]2(CCc3ccccc3)c3[nH]c4cc(CCC(=O)N(C)C)ccc4c3CCN2C1=O. The number of ether oxygens (including phenoxy) is 1. The number of carbonyl (C=O) groups excluding carboxylic acids is 4. The zero-order valence-corrected chi connectivity index (χ0v) is 30.0. The van der Waals surface area contributed by atoms with Crippen LogP contribution in [-0.4, -0.2) is 97.3 Å². The van der Waals surface area contributed by atoms with Gasteiger partial charge in [-0.05, 0) is 80.5 Å². The number of hydrogen-bond acceptors (Lipinski definition) is 5. The molecule has 0 aliphatic carbocycles. The number of aromatic nitrogens is 1. The molecular weight excluding hydrogens is 630 g/mol. The lowest BCUT2D eigenvalue weighted by atomic mass is 9.64. The first-order valence-corrected chi connectivity index (χ1v) is 18.5. The van der Waals surface area contributed by atoms with Crippen LogP contribution in [0.15, 0.2) is 48.5 Å². The maximum atomic E-state index is 14.9. The van der Waals surface area contributed by atoms with Crippen molar-refractivity contribution in [1.82, 2.24) is 25.0 Å². The van der Waals surface area contributed by atoms with E-state index in [1.807, 2.05) is 28.0 Å². The monoisotopic (exact) mass is 683 g/mol. The molecule has 6 rings (SSSR count). The molecule has 3 aliphatic heterocycles. The molecule has 0 saturated carbocycles. The molecule has 2 fully saturated rings. The predicted octanol–water partition coefficient (Wildman–Crippen LogP) is 4.59. The van der Waals surface area contributed by atoms with E-state index in [1.165, 1.54) is 5.56 Å². The van der Waals surface area contributed by atoms with E-state index in [9.17, 15) is 19.2 Å². The Labute approximate surface area is 295 Å². The van der Waals surface area contributed by atoms with Gasteiger partial charge in [-0.1, -0.05) is 42.5 Å². The average molecular weight is 684 g/mol. The summed E-state index contributed by atoms with van der Waals surface area (Å²) in [5.41, 5.74) is 4.44. The van der Waals surface area contributed by atoms with Crippen LogP contribution in [-0.2, 0) is 48.7 Å². The normalized spacial score (nSPS) is 21.9. The van der Waals surface area contributed by atoms with Crippen LogP contribution >= 0.6 is 0 Å². The maximum absolute atomic E-state index is 14.9. The number of amides is 4. The molecule has 0 unspecified atom stereocenters. The highest BCUT2D eigenvalue weighted by Crippen LogP contribution is 2.53. The van der Waals surface area contributed by atoms with Crippen LogP contribution < -0.4 is 5.32 Å². The lowest BCUT2D eigenvalue weighted by molar-refractivity contribution is -0.167. The second-order valence-corrected chi connectivity index (χ2v) is 14.6. The van der Waals surface area contributed by atoms with E-state index in [4.69, 9.17) is 4.74 Å². The van der Waals surface area contributed by atoms with Gasteiger partial charge < -0.3 is 29.7 Å². The molecular formula is C40H53N5O5. The Kier molecular flexibility index (Phi) is 11.3.